The van der Waals surface area contributed by atoms with E-state index in [0.717, 1.165) is 0 Å². The van der Waals surface area contributed by atoms with Crippen molar-refractivity contribution in [3.63, 3.8) is 0 Å². The van der Waals surface area contributed by atoms with Crippen molar-refractivity contribution in [1.29, 1.82) is 0 Å². The summed E-state index contributed by atoms with van der Waals surface area (Å²) in [6.45, 7) is 0. The topological polar surface area (TPSA) is 55.0 Å². The molecule has 0 spiro atoms. The summed E-state index contributed by atoms with van der Waals surface area (Å²) in [7, 11) is 1.38. The number of halogens is 2. The summed E-state index contributed by atoms with van der Waals surface area (Å²) in [6.07, 6.45) is 0. The lowest BCUT2D eigenvalue weighted by molar-refractivity contribution is 0.387. The van der Waals surface area contributed by atoms with Gasteiger partial charge in [0.25, 0.3) is 5.56 Å². The van der Waals surface area contributed by atoms with Gasteiger partial charge >= 0.3 is 0 Å². The Labute approximate surface area is 127 Å². The molecule has 21 heavy (non-hydrogen) atoms. The van der Waals surface area contributed by atoms with Crippen molar-refractivity contribution in [3.8, 4) is 17.1 Å². The Morgan fingerprint density at radius 1 is 1.24 bits per heavy atom. The second-order valence-electron chi connectivity index (χ2n) is 4.37. The number of rotatable bonds is 2. The minimum absolute atomic E-state index is 0.0870. The van der Waals surface area contributed by atoms with Crippen LogP contribution in [0.25, 0.3) is 22.3 Å². The van der Waals surface area contributed by atoms with Crippen molar-refractivity contribution in [2.24, 2.45) is 0 Å². The number of ether oxygens (including phenoxy) is 1. The fourth-order valence-electron chi connectivity index (χ4n) is 2.11. The van der Waals surface area contributed by atoms with Crippen LogP contribution in [0.1, 0.15) is 0 Å². The smallest absolute Gasteiger partial charge is 0.259 e. The third-order valence-electron chi connectivity index (χ3n) is 3.13. The number of aromatic nitrogens is 2. The van der Waals surface area contributed by atoms with Crippen LogP contribution >= 0.6 is 15.9 Å². The molecule has 0 amide bonds. The monoisotopic (exact) mass is 348 g/mol. The van der Waals surface area contributed by atoms with Crippen molar-refractivity contribution in [3.05, 3.63) is 57.0 Å². The Morgan fingerprint density at radius 3 is 2.76 bits per heavy atom. The Morgan fingerprint density at radius 2 is 2.00 bits per heavy atom. The quantitative estimate of drug-likeness (QED) is 0.771. The molecular weight excluding hydrogens is 339 g/mol. The number of hydrogen-bond acceptors (Lipinski definition) is 3. The zero-order valence-electron chi connectivity index (χ0n) is 11.0. The van der Waals surface area contributed by atoms with Crippen molar-refractivity contribution in [2.45, 2.75) is 0 Å². The van der Waals surface area contributed by atoms with Gasteiger partial charge in [0, 0.05) is 4.47 Å². The first-order valence-electron chi connectivity index (χ1n) is 6.13. The molecule has 3 aromatic rings. The second kappa shape index (κ2) is 5.29. The standard InChI is InChI=1S/C15H10BrFN2O2/c1-21-11-7-6-9(16)12(13(11)17)14-18-10-5-3-2-4-8(10)15(20)19-14/h2-7H,1H3,(H,18,19,20). The van der Waals surface area contributed by atoms with E-state index >= 15 is 0 Å². The predicted molar refractivity (Wildman–Crippen MR) is 82.0 cm³/mol. The van der Waals surface area contributed by atoms with Gasteiger partial charge < -0.3 is 9.72 Å². The molecule has 1 aromatic heterocycles. The molecule has 0 aliphatic rings. The van der Waals surface area contributed by atoms with E-state index in [2.05, 4.69) is 25.9 Å². The van der Waals surface area contributed by atoms with Crippen LogP contribution in [0.15, 0.2) is 45.7 Å². The molecule has 4 nitrogen and oxygen atoms in total. The summed E-state index contributed by atoms with van der Waals surface area (Å²) in [5.41, 5.74) is 0.354. The van der Waals surface area contributed by atoms with Gasteiger partial charge in [-0.1, -0.05) is 12.1 Å². The fraction of sp³-hybridized carbons (Fsp3) is 0.0667. The molecule has 0 aliphatic heterocycles. The Balaban J connectivity index is 2.33. The summed E-state index contributed by atoms with van der Waals surface area (Å²) in [5.74, 6) is -0.337. The molecule has 0 aliphatic carbocycles. The summed E-state index contributed by atoms with van der Waals surface area (Å²) < 4.78 is 19.9. The lowest BCUT2D eigenvalue weighted by Crippen LogP contribution is -2.10. The molecule has 1 heterocycles. The zero-order chi connectivity index (χ0) is 15.0. The molecule has 0 fully saturated rings. The highest BCUT2D eigenvalue weighted by Crippen LogP contribution is 2.33. The fourth-order valence-corrected chi connectivity index (χ4v) is 2.61. The zero-order valence-corrected chi connectivity index (χ0v) is 12.6. The Hall–Kier alpha value is -2.21. The summed E-state index contributed by atoms with van der Waals surface area (Å²) in [6, 6.07) is 10.0. The molecule has 6 heteroatoms. The molecule has 2 aromatic carbocycles. The van der Waals surface area contributed by atoms with E-state index in [1.807, 2.05) is 0 Å². The van der Waals surface area contributed by atoms with Crippen LogP contribution in [0.5, 0.6) is 5.75 Å². The molecule has 0 radical (unpaired) electrons. The van der Waals surface area contributed by atoms with E-state index in [1.54, 1.807) is 30.3 Å². The van der Waals surface area contributed by atoms with Gasteiger partial charge in [0.05, 0.1) is 23.6 Å². The van der Waals surface area contributed by atoms with E-state index in [0.29, 0.717) is 15.4 Å². The number of benzene rings is 2. The molecular formula is C15H10BrFN2O2. The summed E-state index contributed by atoms with van der Waals surface area (Å²) >= 11 is 3.28. The van der Waals surface area contributed by atoms with Crippen LogP contribution in [-0.4, -0.2) is 17.1 Å². The first-order valence-corrected chi connectivity index (χ1v) is 6.92. The maximum Gasteiger partial charge on any atom is 0.259 e. The van der Waals surface area contributed by atoms with Crippen LogP contribution in [-0.2, 0) is 0 Å². The van der Waals surface area contributed by atoms with E-state index in [4.69, 9.17) is 4.74 Å². The van der Waals surface area contributed by atoms with E-state index in [-0.39, 0.29) is 22.7 Å². The predicted octanol–water partition coefficient (Wildman–Crippen LogP) is 3.50. The largest absolute Gasteiger partial charge is 0.494 e. The minimum Gasteiger partial charge on any atom is -0.494 e. The number of fused-ring (bicyclic) bond motifs is 1. The third-order valence-corrected chi connectivity index (χ3v) is 3.79. The van der Waals surface area contributed by atoms with Crippen LogP contribution < -0.4 is 10.3 Å². The van der Waals surface area contributed by atoms with Crippen LogP contribution in [0, 0.1) is 5.82 Å². The SMILES string of the molecule is COc1ccc(Br)c(-c2nc3ccccc3c(=O)[nH]2)c1F. The molecule has 0 bridgehead atoms. The molecule has 106 valence electrons. The Kier molecular flexibility index (Phi) is 3.47. The van der Waals surface area contributed by atoms with E-state index < -0.39 is 5.82 Å². The van der Waals surface area contributed by atoms with Gasteiger partial charge in [-0.2, -0.15) is 0 Å². The number of hydrogen-bond donors (Lipinski definition) is 1. The number of nitrogens with zero attached hydrogens (tertiary/aromatic N) is 1. The van der Waals surface area contributed by atoms with Gasteiger partial charge in [-0.3, -0.25) is 4.79 Å². The van der Waals surface area contributed by atoms with Crippen LogP contribution in [0.3, 0.4) is 0 Å². The average molecular weight is 349 g/mol. The number of para-hydroxylation sites is 1. The van der Waals surface area contributed by atoms with E-state index in [1.165, 1.54) is 13.2 Å². The maximum absolute atomic E-state index is 14.4. The minimum atomic E-state index is -0.578. The van der Waals surface area contributed by atoms with Gasteiger partial charge in [-0.05, 0) is 40.2 Å². The molecule has 0 saturated heterocycles. The molecule has 3 rings (SSSR count). The number of H-pyrrole nitrogens is 1. The van der Waals surface area contributed by atoms with Gasteiger partial charge in [0.1, 0.15) is 5.82 Å². The van der Waals surface area contributed by atoms with Gasteiger partial charge in [0.15, 0.2) is 11.6 Å². The van der Waals surface area contributed by atoms with Crippen molar-refractivity contribution in [2.75, 3.05) is 7.11 Å². The average Bonchev–Trinajstić information content (AvgIpc) is 2.48. The van der Waals surface area contributed by atoms with Crippen molar-refractivity contribution in [1.82, 2.24) is 9.97 Å². The lowest BCUT2D eigenvalue weighted by atomic mass is 10.1. The molecule has 0 unspecified atom stereocenters. The maximum atomic E-state index is 14.4. The first-order chi connectivity index (χ1) is 10.1. The highest BCUT2D eigenvalue weighted by molar-refractivity contribution is 9.10. The molecule has 0 atom stereocenters. The van der Waals surface area contributed by atoms with Crippen molar-refractivity contribution >= 4 is 26.8 Å². The first kappa shape index (κ1) is 13.8. The van der Waals surface area contributed by atoms with E-state index in [9.17, 15) is 9.18 Å². The molecule has 0 saturated carbocycles. The van der Waals surface area contributed by atoms with Gasteiger partial charge in [-0.15, -0.1) is 0 Å². The normalized spacial score (nSPS) is 10.8. The van der Waals surface area contributed by atoms with Crippen LogP contribution in [0.4, 0.5) is 4.39 Å². The number of aromatic amines is 1. The van der Waals surface area contributed by atoms with Gasteiger partial charge in [-0.25, -0.2) is 9.37 Å². The van der Waals surface area contributed by atoms with Crippen molar-refractivity contribution < 1.29 is 9.13 Å². The third kappa shape index (κ3) is 2.31. The van der Waals surface area contributed by atoms with Gasteiger partial charge in [0.2, 0.25) is 0 Å². The number of methoxy groups -OCH3 is 1. The second-order valence-corrected chi connectivity index (χ2v) is 5.22. The number of nitrogens with one attached hydrogen (secondary N) is 1. The Bertz CT molecular complexity index is 892. The highest BCUT2D eigenvalue weighted by Gasteiger charge is 2.17. The lowest BCUT2D eigenvalue weighted by Gasteiger charge is -2.09. The summed E-state index contributed by atoms with van der Waals surface area (Å²) in [4.78, 5) is 19.0. The molecule has 1 N–H and O–H groups in total. The highest BCUT2D eigenvalue weighted by atomic mass is 79.9. The van der Waals surface area contributed by atoms with Crippen LogP contribution in [0.2, 0.25) is 0 Å². The summed E-state index contributed by atoms with van der Waals surface area (Å²) in [5, 5.41) is 0.459.